The number of nitrogens with one attached hydrogen (secondary N) is 1. The Morgan fingerprint density at radius 1 is 1.21 bits per heavy atom. The number of hydrogen-bond donors (Lipinski definition) is 3. The van der Waals surface area contributed by atoms with Crippen molar-refractivity contribution in [1.29, 1.82) is 0 Å². The first-order chi connectivity index (χ1) is 8.63. The molecule has 19 heavy (non-hydrogen) atoms. The van der Waals surface area contributed by atoms with E-state index >= 15 is 0 Å². The molecule has 0 unspecified atom stereocenters. The van der Waals surface area contributed by atoms with Crippen LogP contribution in [0.1, 0.15) is 0 Å². The highest BCUT2D eigenvalue weighted by atomic mass is 32.2. The first-order valence-corrected chi connectivity index (χ1v) is 7.70. The minimum Gasteiger partial charge on any atom is -0.368 e. The Morgan fingerprint density at radius 3 is 2.32 bits per heavy atom. The van der Waals surface area contributed by atoms with Gasteiger partial charge in [-0.1, -0.05) is 11.0 Å². The number of sulfonamides is 2. The third-order valence-electron chi connectivity index (χ3n) is 1.83. The lowest BCUT2D eigenvalue weighted by Gasteiger charge is -2.07. The van der Waals surface area contributed by atoms with Gasteiger partial charge in [-0.25, -0.2) is 22.0 Å². The molecule has 0 radical (unpaired) electrons. The second-order valence-corrected chi connectivity index (χ2v) is 6.57. The number of primary amides is 1. The fourth-order valence-electron chi connectivity index (χ4n) is 1.04. The number of benzene rings is 1. The Bertz CT molecular complexity index is 682. The highest BCUT2D eigenvalue weighted by Gasteiger charge is 2.17. The number of carbonyl (C=O) groups is 1. The monoisotopic (exact) mass is 309 g/mol. The molecule has 0 fully saturated rings. The lowest BCUT2D eigenvalue weighted by atomic mass is 10.4. The predicted octanol–water partition coefficient (Wildman–Crippen LogP) is -1.97. The summed E-state index contributed by atoms with van der Waals surface area (Å²) in [5.74, 6) is -0.874. The largest absolute Gasteiger partial charge is 0.368 e. The second kappa shape index (κ2) is 5.63. The van der Waals surface area contributed by atoms with Gasteiger partial charge in [0.15, 0.2) is 0 Å². The molecule has 0 saturated heterocycles. The summed E-state index contributed by atoms with van der Waals surface area (Å²) in [6.45, 7) is -0.659. The summed E-state index contributed by atoms with van der Waals surface area (Å²) < 4.78 is 45.5. The van der Waals surface area contributed by atoms with Crippen LogP contribution >= 0.6 is 0 Å². The fourth-order valence-corrected chi connectivity index (χ4v) is 2.53. The van der Waals surface area contributed by atoms with Gasteiger partial charge >= 0.3 is 0 Å². The van der Waals surface area contributed by atoms with Gasteiger partial charge in [-0.3, -0.25) is 9.63 Å². The molecule has 5 N–H and O–H groups in total. The summed E-state index contributed by atoms with van der Waals surface area (Å²) >= 11 is 0. The lowest BCUT2D eigenvalue weighted by Crippen LogP contribution is -2.29. The zero-order valence-corrected chi connectivity index (χ0v) is 11.1. The second-order valence-electron chi connectivity index (χ2n) is 3.36. The van der Waals surface area contributed by atoms with Crippen molar-refractivity contribution in [2.45, 2.75) is 9.79 Å². The molecule has 1 aromatic carbocycles. The predicted molar refractivity (Wildman–Crippen MR) is 63.3 cm³/mol. The molecule has 0 aliphatic rings. The Kier molecular flexibility index (Phi) is 4.60. The maximum absolute atomic E-state index is 11.7. The first kappa shape index (κ1) is 15.5. The van der Waals surface area contributed by atoms with Crippen LogP contribution in [-0.2, 0) is 29.7 Å². The topological polar surface area (TPSA) is 159 Å². The van der Waals surface area contributed by atoms with Gasteiger partial charge in [-0.05, 0) is 18.2 Å². The highest BCUT2D eigenvalue weighted by molar-refractivity contribution is 7.90. The molecule has 0 heterocycles. The molecule has 0 saturated carbocycles. The van der Waals surface area contributed by atoms with Crippen LogP contribution in [0.3, 0.4) is 0 Å². The normalized spacial score (nSPS) is 12.3. The smallest absolute Gasteiger partial charge is 0.262 e. The van der Waals surface area contributed by atoms with Gasteiger partial charge in [0.05, 0.1) is 9.79 Å². The zero-order chi connectivity index (χ0) is 14.7. The SMILES string of the molecule is NC(=O)CONS(=O)(=O)c1cccc(S(N)(=O)=O)c1. The average molecular weight is 309 g/mol. The molecular weight excluding hydrogens is 298 g/mol. The minimum atomic E-state index is -4.14. The number of hydrogen-bond acceptors (Lipinski definition) is 6. The summed E-state index contributed by atoms with van der Waals surface area (Å²) in [6, 6.07) is 4.32. The van der Waals surface area contributed by atoms with E-state index in [1.165, 1.54) is 6.07 Å². The van der Waals surface area contributed by atoms with E-state index in [2.05, 4.69) is 4.84 Å². The minimum absolute atomic E-state index is 0.370. The van der Waals surface area contributed by atoms with Crippen LogP contribution in [0, 0.1) is 0 Å². The van der Waals surface area contributed by atoms with Crippen LogP contribution in [0.4, 0.5) is 0 Å². The van der Waals surface area contributed by atoms with E-state index in [0.717, 1.165) is 18.2 Å². The zero-order valence-electron chi connectivity index (χ0n) is 9.44. The van der Waals surface area contributed by atoms with Crippen LogP contribution < -0.4 is 15.8 Å². The summed E-state index contributed by atoms with van der Waals surface area (Å²) in [5, 5.41) is 4.87. The Balaban J connectivity index is 2.99. The van der Waals surface area contributed by atoms with E-state index in [4.69, 9.17) is 10.9 Å². The van der Waals surface area contributed by atoms with Crippen molar-refractivity contribution < 1.29 is 26.5 Å². The van der Waals surface area contributed by atoms with Crippen LogP contribution in [0.25, 0.3) is 0 Å². The van der Waals surface area contributed by atoms with E-state index in [0.29, 0.717) is 0 Å². The molecule has 0 bridgehead atoms. The van der Waals surface area contributed by atoms with Gasteiger partial charge in [-0.2, -0.15) is 0 Å². The molecule has 1 aromatic rings. The summed E-state index contributed by atoms with van der Waals surface area (Å²) in [5.41, 5.74) is 4.75. The van der Waals surface area contributed by atoms with E-state index < -0.39 is 32.6 Å². The average Bonchev–Trinajstić information content (AvgIpc) is 2.27. The van der Waals surface area contributed by atoms with E-state index in [1.807, 2.05) is 0 Å². The van der Waals surface area contributed by atoms with Crippen molar-refractivity contribution >= 4 is 26.0 Å². The lowest BCUT2D eigenvalue weighted by molar-refractivity contribution is -0.123. The number of nitrogens with two attached hydrogens (primary N) is 2. The van der Waals surface area contributed by atoms with Crippen molar-refractivity contribution in [3.05, 3.63) is 24.3 Å². The number of rotatable bonds is 6. The van der Waals surface area contributed by atoms with E-state index in [-0.39, 0.29) is 9.79 Å². The summed E-state index contributed by atoms with van der Waals surface area (Å²) in [4.78, 5) is 15.6. The van der Waals surface area contributed by atoms with Crippen LogP contribution in [0.5, 0.6) is 0 Å². The van der Waals surface area contributed by atoms with E-state index in [1.54, 1.807) is 4.89 Å². The molecule has 0 atom stereocenters. The van der Waals surface area contributed by atoms with Gasteiger partial charge in [-0.15, -0.1) is 0 Å². The van der Waals surface area contributed by atoms with Gasteiger partial charge in [0.25, 0.3) is 10.0 Å². The Hall–Kier alpha value is -1.53. The van der Waals surface area contributed by atoms with Crippen molar-refractivity contribution in [2.75, 3.05) is 6.61 Å². The molecular formula is C8H11N3O6S2. The van der Waals surface area contributed by atoms with Crippen molar-refractivity contribution in [2.24, 2.45) is 10.9 Å². The summed E-state index contributed by atoms with van der Waals surface area (Å²) in [7, 11) is -8.17. The molecule has 0 spiro atoms. The molecule has 1 rings (SSSR count). The fraction of sp³-hybridized carbons (Fsp3) is 0.125. The first-order valence-electron chi connectivity index (χ1n) is 4.68. The third kappa shape index (κ3) is 4.57. The van der Waals surface area contributed by atoms with Crippen molar-refractivity contribution in [3.63, 3.8) is 0 Å². The number of carbonyl (C=O) groups excluding carboxylic acids is 1. The maximum Gasteiger partial charge on any atom is 0.262 e. The van der Waals surface area contributed by atoms with Gasteiger partial charge in [0.2, 0.25) is 15.9 Å². The molecule has 0 aliphatic heterocycles. The van der Waals surface area contributed by atoms with Crippen LogP contribution in [0.15, 0.2) is 34.1 Å². The molecule has 106 valence electrons. The molecule has 9 nitrogen and oxygen atoms in total. The van der Waals surface area contributed by atoms with Crippen molar-refractivity contribution in [1.82, 2.24) is 4.89 Å². The van der Waals surface area contributed by atoms with Crippen LogP contribution in [0.2, 0.25) is 0 Å². The molecule has 11 heteroatoms. The standard InChI is InChI=1S/C8H11N3O6S2/c9-8(12)5-17-11-19(15,16)7-3-1-2-6(4-7)18(10,13)14/h1-4,11H,5H2,(H2,9,12)(H2,10,13,14). The maximum atomic E-state index is 11.7. The quantitative estimate of drug-likeness (QED) is 0.517. The van der Waals surface area contributed by atoms with Gasteiger partial charge in [0, 0.05) is 0 Å². The molecule has 1 amide bonds. The molecule has 0 aromatic heterocycles. The third-order valence-corrected chi connectivity index (χ3v) is 3.95. The highest BCUT2D eigenvalue weighted by Crippen LogP contribution is 2.14. The van der Waals surface area contributed by atoms with Gasteiger partial charge in [0.1, 0.15) is 6.61 Å². The van der Waals surface area contributed by atoms with Crippen LogP contribution in [-0.4, -0.2) is 29.3 Å². The Morgan fingerprint density at radius 2 is 1.79 bits per heavy atom. The van der Waals surface area contributed by atoms with Crippen molar-refractivity contribution in [3.8, 4) is 0 Å². The summed E-state index contributed by atoms with van der Waals surface area (Å²) in [6.07, 6.45) is 0. The molecule has 0 aliphatic carbocycles. The number of primary sulfonamides is 1. The number of amides is 1. The Labute approximate surface area is 109 Å². The van der Waals surface area contributed by atoms with E-state index in [9.17, 15) is 21.6 Å². The van der Waals surface area contributed by atoms with Gasteiger partial charge < -0.3 is 5.73 Å².